The molecule has 2 aromatic carbocycles. The van der Waals surface area contributed by atoms with E-state index in [9.17, 15) is 9.59 Å². The summed E-state index contributed by atoms with van der Waals surface area (Å²) < 4.78 is 0. The van der Waals surface area contributed by atoms with E-state index in [4.69, 9.17) is 23.2 Å². The van der Waals surface area contributed by atoms with Crippen LogP contribution in [-0.4, -0.2) is 17.9 Å². The second kappa shape index (κ2) is 8.63. The summed E-state index contributed by atoms with van der Waals surface area (Å²) in [6.07, 6.45) is 0. The van der Waals surface area contributed by atoms with Crippen LogP contribution < -0.4 is 16.0 Å². The molecule has 0 aliphatic heterocycles. The minimum atomic E-state index is -0.505. The van der Waals surface area contributed by atoms with Gasteiger partial charge in [0.05, 0.1) is 15.7 Å². The molecule has 3 N–H and O–H groups in total. The summed E-state index contributed by atoms with van der Waals surface area (Å²) in [5.74, 6) is -0.307. The third-order valence-corrected chi connectivity index (χ3v) is 4.63. The Bertz CT molecular complexity index is 830. The molecule has 0 bridgehead atoms. The van der Waals surface area contributed by atoms with Gasteiger partial charge >= 0.3 is 0 Å². The molecule has 2 aromatic rings. The fourth-order valence-corrected chi connectivity index (χ4v) is 2.47. The molecule has 1 unspecified atom stereocenters. The van der Waals surface area contributed by atoms with E-state index in [0.717, 1.165) is 5.69 Å². The Morgan fingerprint density at radius 3 is 2.11 bits per heavy atom. The second-order valence-corrected chi connectivity index (χ2v) is 8.02. The van der Waals surface area contributed by atoms with Crippen LogP contribution >= 0.6 is 23.2 Å². The van der Waals surface area contributed by atoms with Crippen molar-refractivity contribution < 1.29 is 9.59 Å². The van der Waals surface area contributed by atoms with Crippen LogP contribution in [0.4, 0.5) is 17.1 Å². The van der Waals surface area contributed by atoms with Crippen molar-refractivity contribution in [2.45, 2.75) is 33.7 Å². The zero-order valence-electron chi connectivity index (χ0n) is 15.7. The van der Waals surface area contributed by atoms with Gasteiger partial charge in [-0.05, 0) is 43.3 Å². The van der Waals surface area contributed by atoms with E-state index < -0.39 is 11.5 Å². The molecule has 0 spiro atoms. The van der Waals surface area contributed by atoms with Crippen LogP contribution in [0, 0.1) is 5.41 Å². The van der Waals surface area contributed by atoms with Crippen LogP contribution in [0.15, 0.2) is 42.5 Å². The first kappa shape index (κ1) is 21.1. The summed E-state index contributed by atoms with van der Waals surface area (Å²) in [5, 5.41) is 9.39. The third-order valence-electron chi connectivity index (χ3n) is 3.81. The summed E-state index contributed by atoms with van der Waals surface area (Å²) in [4.78, 5) is 24.4. The Labute approximate surface area is 169 Å². The largest absolute Gasteiger partial charge is 0.374 e. The van der Waals surface area contributed by atoms with E-state index in [1.54, 1.807) is 49.4 Å². The van der Waals surface area contributed by atoms with Crippen LogP contribution in [-0.2, 0) is 9.59 Å². The quantitative estimate of drug-likeness (QED) is 0.619. The van der Waals surface area contributed by atoms with Crippen molar-refractivity contribution in [3.8, 4) is 0 Å². The highest BCUT2D eigenvalue weighted by atomic mass is 35.5. The Kier molecular flexibility index (Phi) is 6.73. The van der Waals surface area contributed by atoms with Crippen molar-refractivity contribution in [3.63, 3.8) is 0 Å². The maximum atomic E-state index is 12.4. The van der Waals surface area contributed by atoms with Crippen molar-refractivity contribution in [2.24, 2.45) is 5.41 Å². The SMILES string of the molecule is CC(Nc1ccc(NC(=O)C(C)(C)C)cc1)C(=O)Nc1cccc(Cl)c1Cl. The van der Waals surface area contributed by atoms with Gasteiger partial charge in [0, 0.05) is 16.8 Å². The summed E-state index contributed by atoms with van der Waals surface area (Å²) in [5.41, 5.74) is 1.44. The number of halogens is 2. The van der Waals surface area contributed by atoms with Gasteiger partial charge in [0.25, 0.3) is 0 Å². The standard InChI is InChI=1S/C20H23Cl2N3O2/c1-12(18(26)25-16-7-5-6-15(21)17(16)22)23-13-8-10-14(11-9-13)24-19(27)20(2,3)4/h5-12,23H,1-4H3,(H,24,27)(H,25,26). The van der Waals surface area contributed by atoms with E-state index in [1.807, 2.05) is 20.8 Å². The average Bonchev–Trinajstić information content (AvgIpc) is 2.59. The normalized spacial score (nSPS) is 12.2. The molecule has 0 aliphatic rings. The lowest BCUT2D eigenvalue weighted by molar-refractivity contribution is -0.123. The second-order valence-electron chi connectivity index (χ2n) is 7.24. The molecule has 2 rings (SSSR count). The van der Waals surface area contributed by atoms with E-state index in [2.05, 4.69) is 16.0 Å². The van der Waals surface area contributed by atoms with E-state index in [0.29, 0.717) is 21.4 Å². The number of amides is 2. The van der Waals surface area contributed by atoms with Crippen molar-refractivity contribution >= 4 is 52.1 Å². The van der Waals surface area contributed by atoms with Gasteiger partial charge in [-0.3, -0.25) is 9.59 Å². The summed E-state index contributed by atoms with van der Waals surface area (Å²) in [6, 6.07) is 11.7. The molecule has 1 atom stereocenters. The average molecular weight is 408 g/mol. The van der Waals surface area contributed by atoms with Crippen LogP contribution in [0.5, 0.6) is 0 Å². The molecular formula is C20H23Cl2N3O2. The highest BCUT2D eigenvalue weighted by molar-refractivity contribution is 6.44. The zero-order chi connectivity index (χ0) is 20.2. The molecular weight excluding hydrogens is 385 g/mol. The number of carbonyl (C=O) groups excluding carboxylic acids is 2. The van der Waals surface area contributed by atoms with Gasteiger partial charge in [-0.1, -0.05) is 50.0 Å². The maximum Gasteiger partial charge on any atom is 0.246 e. The molecule has 7 heteroatoms. The fraction of sp³-hybridized carbons (Fsp3) is 0.300. The van der Waals surface area contributed by atoms with Crippen LogP contribution in [0.25, 0.3) is 0 Å². The topological polar surface area (TPSA) is 70.2 Å². The lowest BCUT2D eigenvalue weighted by Gasteiger charge is -2.18. The number of hydrogen-bond acceptors (Lipinski definition) is 3. The Balaban J connectivity index is 1.97. The minimum Gasteiger partial charge on any atom is -0.374 e. The van der Waals surface area contributed by atoms with Crippen molar-refractivity contribution in [1.82, 2.24) is 0 Å². The molecule has 2 amide bonds. The zero-order valence-corrected chi connectivity index (χ0v) is 17.2. The summed E-state index contributed by atoms with van der Waals surface area (Å²) >= 11 is 12.0. The van der Waals surface area contributed by atoms with Gasteiger partial charge in [0.2, 0.25) is 11.8 Å². The summed E-state index contributed by atoms with van der Waals surface area (Å²) in [7, 11) is 0. The lowest BCUT2D eigenvalue weighted by atomic mass is 9.95. The highest BCUT2D eigenvalue weighted by Gasteiger charge is 2.21. The smallest absolute Gasteiger partial charge is 0.246 e. The van der Waals surface area contributed by atoms with Crippen LogP contribution in [0.3, 0.4) is 0 Å². The summed E-state index contributed by atoms with van der Waals surface area (Å²) in [6.45, 7) is 7.29. The predicted octanol–water partition coefficient (Wildman–Crippen LogP) is 5.42. The molecule has 0 aliphatic carbocycles. The van der Waals surface area contributed by atoms with Gasteiger partial charge < -0.3 is 16.0 Å². The van der Waals surface area contributed by atoms with Gasteiger partial charge in [0.15, 0.2) is 0 Å². The van der Waals surface area contributed by atoms with Crippen LogP contribution in [0.1, 0.15) is 27.7 Å². The first-order valence-corrected chi connectivity index (χ1v) is 9.26. The third kappa shape index (κ3) is 5.88. The molecule has 0 fully saturated rings. The first-order chi connectivity index (χ1) is 12.6. The molecule has 27 heavy (non-hydrogen) atoms. The van der Waals surface area contributed by atoms with E-state index >= 15 is 0 Å². The van der Waals surface area contributed by atoms with Crippen molar-refractivity contribution in [2.75, 3.05) is 16.0 Å². The number of benzene rings is 2. The van der Waals surface area contributed by atoms with Gasteiger partial charge in [0.1, 0.15) is 6.04 Å². The Morgan fingerprint density at radius 1 is 0.926 bits per heavy atom. The fourth-order valence-electron chi connectivity index (χ4n) is 2.13. The monoisotopic (exact) mass is 407 g/mol. The lowest BCUT2D eigenvalue weighted by Crippen LogP contribution is -2.32. The van der Waals surface area contributed by atoms with Gasteiger partial charge in [-0.2, -0.15) is 0 Å². The highest BCUT2D eigenvalue weighted by Crippen LogP contribution is 2.29. The predicted molar refractivity (Wildman–Crippen MR) is 113 cm³/mol. The minimum absolute atomic E-state index is 0.0608. The number of hydrogen-bond donors (Lipinski definition) is 3. The molecule has 0 heterocycles. The molecule has 0 saturated heterocycles. The number of rotatable bonds is 5. The van der Waals surface area contributed by atoms with E-state index in [-0.39, 0.29) is 11.8 Å². The first-order valence-electron chi connectivity index (χ1n) is 8.51. The van der Waals surface area contributed by atoms with E-state index in [1.165, 1.54) is 0 Å². The van der Waals surface area contributed by atoms with Gasteiger partial charge in [-0.25, -0.2) is 0 Å². The molecule has 0 saturated carbocycles. The maximum absolute atomic E-state index is 12.4. The number of carbonyl (C=O) groups is 2. The van der Waals surface area contributed by atoms with Crippen LogP contribution in [0.2, 0.25) is 10.0 Å². The molecule has 144 valence electrons. The Morgan fingerprint density at radius 2 is 1.52 bits per heavy atom. The van der Waals surface area contributed by atoms with Crippen molar-refractivity contribution in [1.29, 1.82) is 0 Å². The number of nitrogens with one attached hydrogen (secondary N) is 3. The molecule has 5 nitrogen and oxygen atoms in total. The van der Waals surface area contributed by atoms with Crippen molar-refractivity contribution in [3.05, 3.63) is 52.5 Å². The number of anilines is 3. The molecule has 0 aromatic heterocycles. The van der Waals surface area contributed by atoms with Gasteiger partial charge in [-0.15, -0.1) is 0 Å². The molecule has 0 radical (unpaired) electrons. The Hall–Kier alpha value is -2.24.